The second-order valence-corrected chi connectivity index (χ2v) is 5.49. The average Bonchev–Trinajstić information content (AvgIpc) is 2.65. The van der Waals surface area contributed by atoms with Gasteiger partial charge in [0.25, 0.3) is 0 Å². The van der Waals surface area contributed by atoms with Crippen molar-refractivity contribution in [1.82, 2.24) is 0 Å². The van der Waals surface area contributed by atoms with Crippen LogP contribution in [-0.4, -0.2) is 45.7 Å². The number of hydrogen-bond donors (Lipinski definition) is 0. The van der Waals surface area contributed by atoms with Gasteiger partial charge in [0.05, 0.1) is 32.7 Å². The summed E-state index contributed by atoms with van der Waals surface area (Å²) in [6.07, 6.45) is 4.22. The summed E-state index contributed by atoms with van der Waals surface area (Å²) >= 11 is 0. The minimum Gasteiger partial charge on any atom is -0.469 e. The molecule has 0 saturated heterocycles. The minimum absolute atomic E-state index is 0.157. The van der Waals surface area contributed by atoms with E-state index in [9.17, 15) is 18.8 Å². The average molecular weight is 378 g/mol. The van der Waals surface area contributed by atoms with E-state index in [-0.39, 0.29) is 30.4 Å². The number of carbonyl (C=O) groups excluding carboxylic acids is 3. The molecular weight excluding hydrogens is 347 g/mol. The van der Waals surface area contributed by atoms with Gasteiger partial charge in [0.1, 0.15) is 18.7 Å². The first-order valence-corrected chi connectivity index (χ1v) is 8.52. The van der Waals surface area contributed by atoms with E-state index in [1.165, 1.54) is 20.3 Å². The molecule has 0 aliphatic heterocycles. The first kappa shape index (κ1) is 26.4. The Morgan fingerprint density at radius 1 is 0.962 bits per heavy atom. The third-order valence-corrected chi connectivity index (χ3v) is 3.29. The van der Waals surface area contributed by atoms with Gasteiger partial charge in [-0.15, -0.1) is 0 Å². The maximum Gasteiger partial charge on any atom is 0.308 e. The highest BCUT2D eigenvalue weighted by Crippen LogP contribution is 2.10. The minimum atomic E-state index is -0.398. The van der Waals surface area contributed by atoms with Gasteiger partial charge in [-0.2, -0.15) is 0 Å². The molecule has 0 N–H and O–H groups in total. The van der Waals surface area contributed by atoms with Crippen molar-refractivity contribution in [2.75, 3.05) is 27.4 Å². The first-order valence-electron chi connectivity index (χ1n) is 8.52. The van der Waals surface area contributed by atoms with Gasteiger partial charge in [0.15, 0.2) is 0 Å². The summed E-state index contributed by atoms with van der Waals surface area (Å²) in [5.41, 5.74) is 0. The topological polar surface area (TPSA) is 88.1 Å². The van der Waals surface area contributed by atoms with E-state index >= 15 is 0 Å². The van der Waals surface area contributed by atoms with Crippen LogP contribution >= 0.6 is 0 Å². The van der Waals surface area contributed by atoms with Gasteiger partial charge < -0.3 is 14.3 Å². The standard InChI is InChI=1S/C11H19FO4.C7H12O3/c1-4-15-16-8-10(12)7-5-6-9(2)11(13)14-3;1-6(4-3-5-8)7(9)10-2/h7,9H,4-6,8H2,1-3H3;5-6H,3-4H2,1-2H3/b10-7+;. The van der Waals surface area contributed by atoms with Crippen LogP contribution in [0.4, 0.5) is 4.39 Å². The fourth-order valence-corrected chi connectivity index (χ4v) is 1.69. The lowest BCUT2D eigenvalue weighted by Gasteiger charge is -2.06. The third-order valence-electron chi connectivity index (χ3n) is 3.29. The highest BCUT2D eigenvalue weighted by Gasteiger charge is 2.12. The summed E-state index contributed by atoms with van der Waals surface area (Å²) in [6, 6.07) is 0. The molecule has 0 aromatic heterocycles. The van der Waals surface area contributed by atoms with Crippen LogP contribution < -0.4 is 0 Å². The molecule has 0 heterocycles. The summed E-state index contributed by atoms with van der Waals surface area (Å²) in [5, 5.41) is 0. The summed E-state index contributed by atoms with van der Waals surface area (Å²) < 4.78 is 22.0. The highest BCUT2D eigenvalue weighted by molar-refractivity contribution is 5.72. The van der Waals surface area contributed by atoms with Crippen molar-refractivity contribution in [1.29, 1.82) is 0 Å². The van der Waals surface area contributed by atoms with E-state index in [0.29, 0.717) is 32.3 Å². The summed E-state index contributed by atoms with van der Waals surface area (Å²) in [7, 11) is 2.69. The zero-order chi connectivity index (χ0) is 20.4. The molecule has 152 valence electrons. The van der Waals surface area contributed by atoms with Crippen LogP contribution in [0.25, 0.3) is 0 Å². The molecule has 0 radical (unpaired) electrons. The van der Waals surface area contributed by atoms with Gasteiger partial charge in [-0.05, 0) is 26.2 Å². The Morgan fingerprint density at radius 2 is 1.46 bits per heavy atom. The van der Waals surface area contributed by atoms with Gasteiger partial charge in [0, 0.05) is 6.42 Å². The van der Waals surface area contributed by atoms with Crippen LogP contribution in [0.1, 0.15) is 46.5 Å². The molecule has 0 aromatic rings. The van der Waals surface area contributed by atoms with E-state index in [4.69, 9.17) is 0 Å². The Hall–Kier alpha value is -1.80. The molecule has 8 heteroatoms. The van der Waals surface area contributed by atoms with Crippen LogP contribution in [-0.2, 0) is 33.6 Å². The van der Waals surface area contributed by atoms with Gasteiger partial charge in [-0.25, -0.2) is 14.2 Å². The van der Waals surface area contributed by atoms with E-state index in [2.05, 4.69) is 19.2 Å². The van der Waals surface area contributed by atoms with Gasteiger partial charge >= 0.3 is 11.9 Å². The number of rotatable bonds is 12. The van der Waals surface area contributed by atoms with Crippen molar-refractivity contribution < 1.29 is 38.0 Å². The lowest BCUT2D eigenvalue weighted by molar-refractivity contribution is -0.286. The van der Waals surface area contributed by atoms with E-state index in [1.807, 2.05) is 0 Å². The predicted molar refractivity (Wildman–Crippen MR) is 93.7 cm³/mol. The fraction of sp³-hybridized carbons (Fsp3) is 0.722. The molecule has 2 atom stereocenters. The molecule has 0 amide bonds. The molecule has 0 fully saturated rings. The number of aldehydes is 1. The van der Waals surface area contributed by atoms with Gasteiger partial charge in [-0.3, -0.25) is 9.59 Å². The Bertz CT molecular complexity index is 424. The lowest BCUT2D eigenvalue weighted by atomic mass is 10.1. The van der Waals surface area contributed by atoms with E-state index in [1.54, 1.807) is 20.8 Å². The lowest BCUT2D eigenvalue weighted by Crippen LogP contribution is -2.12. The molecule has 7 nitrogen and oxygen atoms in total. The number of esters is 2. The first-order chi connectivity index (χ1) is 12.3. The van der Waals surface area contributed by atoms with Crippen LogP contribution in [0.3, 0.4) is 0 Å². The number of halogens is 1. The van der Waals surface area contributed by atoms with E-state index in [0.717, 1.165) is 6.29 Å². The van der Waals surface area contributed by atoms with Crippen molar-refractivity contribution >= 4 is 18.2 Å². The second kappa shape index (κ2) is 18.0. The smallest absolute Gasteiger partial charge is 0.308 e. The molecule has 26 heavy (non-hydrogen) atoms. The molecule has 0 saturated carbocycles. The molecule has 2 unspecified atom stereocenters. The van der Waals surface area contributed by atoms with Crippen LogP contribution in [0.2, 0.25) is 0 Å². The quantitative estimate of drug-likeness (QED) is 0.169. The SMILES string of the molecule is CCOOC/C(F)=C\CCC(C)C(=O)OC.COC(=O)C(C)CCC=O. The molecule has 0 spiro atoms. The number of ether oxygens (including phenoxy) is 2. The molecular formula is C18H31FO7. The largest absolute Gasteiger partial charge is 0.469 e. The maximum atomic E-state index is 13.0. The summed E-state index contributed by atoms with van der Waals surface area (Å²) in [4.78, 5) is 40.6. The zero-order valence-corrected chi connectivity index (χ0v) is 16.3. The number of hydrogen-bond acceptors (Lipinski definition) is 7. The molecule has 0 aliphatic carbocycles. The van der Waals surface area contributed by atoms with Gasteiger partial charge in [-0.1, -0.05) is 19.9 Å². The van der Waals surface area contributed by atoms with Crippen molar-refractivity contribution in [2.24, 2.45) is 11.8 Å². The van der Waals surface area contributed by atoms with Crippen molar-refractivity contribution in [2.45, 2.75) is 46.5 Å². The molecule has 0 rings (SSSR count). The number of allylic oxidation sites excluding steroid dienone is 1. The number of methoxy groups -OCH3 is 2. The van der Waals surface area contributed by atoms with Crippen LogP contribution in [0, 0.1) is 11.8 Å². The van der Waals surface area contributed by atoms with Crippen LogP contribution in [0.15, 0.2) is 11.9 Å². The Labute approximate surface area is 154 Å². The second-order valence-electron chi connectivity index (χ2n) is 5.49. The predicted octanol–water partition coefficient (Wildman–Crippen LogP) is 3.17. The summed E-state index contributed by atoms with van der Waals surface area (Å²) in [5.74, 6) is -1.30. The van der Waals surface area contributed by atoms with Crippen molar-refractivity contribution in [3.8, 4) is 0 Å². The Morgan fingerprint density at radius 3 is 1.88 bits per heavy atom. The molecule has 0 aliphatic rings. The van der Waals surface area contributed by atoms with Gasteiger partial charge in [0.2, 0.25) is 0 Å². The fourth-order valence-electron chi connectivity index (χ4n) is 1.69. The Balaban J connectivity index is 0. The molecule has 0 bridgehead atoms. The van der Waals surface area contributed by atoms with Crippen LogP contribution in [0.5, 0.6) is 0 Å². The zero-order valence-electron chi connectivity index (χ0n) is 16.3. The molecule has 0 aromatic carbocycles. The summed E-state index contributed by atoms with van der Waals surface area (Å²) in [6.45, 7) is 5.43. The highest BCUT2D eigenvalue weighted by atomic mass is 19.1. The normalized spacial score (nSPS) is 13.1. The Kier molecular flexibility index (Phi) is 18.3. The number of carbonyl (C=O) groups is 3. The van der Waals surface area contributed by atoms with Crippen molar-refractivity contribution in [3.05, 3.63) is 11.9 Å². The van der Waals surface area contributed by atoms with Crippen molar-refractivity contribution in [3.63, 3.8) is 0 Å². The third kappa shape index (κ3) is 15.7. The van der Waals surface area contributed by atoms with E-state index < -0.39 is 5.83 Å². The maximum absolute atomic E-state index is 13.0. The monoisotopic (exact) mass is 378 g/mol.